The Morgan fingerprint density at radius 3 is 1.87 bits per heavy atom. The van der Waals surface area contributed by atoms with E-state index in [2.05, 4.69) is 39.9 Å². The highest BCUT2D eigenvalue weighted by molar-refractivity contribution is 5.18. The molecule has 0 aromatic heterocycles. The van der Waals surface area contributed by atoms with E-state index in [1.54, 1.807) is 0 Å². The van der Waals surface area contributed by atoms with Crippen molar-refractivity contribution in [3.8, 4) is 0 Å². The van der Waals surface area contributed by atoms with Gasteiger partial charge in [-0.2, -0.15) is 0 Å². The SMILES string of the molecule is CC(NC1C(C)(C)C1(C)C)C1CCCC1. The van der Waals surface area contributed by atoms with E-state index in [-0.39, 0.29) is 0 Å². The van der Waals surface area contributed by atoms with Crippen LogP contribution in [-0.2, 0) is 0 Å². The van der Waals surface area contributed by atoms with Crippen molar-refractivity contribution >= 4 is 0 Å². The first-order valence-corrected chi connectivity index (χ1v) is 6.63. The van der Waals surface area contributed by atoms with Crippen molar-refractivity contribution in [3.63, 3.8) is 0 Å². The quantitative estimate of drug-likeness (QED) is 0.749. The first-order valence-electron chi connectivity index (χ1n) is 6.63. The van der Waals surface area contributed by atoms with Crippen molar-refractivity contribution in [3.05, 3.63) is 0 Å². The van der Waals surface area contributed by atoms with Crippen LogP contribution < -0.4 is 5.32 Å². The van der Waals surface area contributed by atoms with Crippen LogP contribution in [0.5, 0.6) is 0 Å². The minimum absolute atomic E-state index is 0.486. The van der Waals surface area contributed by atoms with Gasteiger partial charge in [0.05, 0.1) is 0 Å². The zero-order chi connectivity index (χ0) is 11.3. The normalized spacial score (nSPS) is 31.8. The summed E-state index contributed by atoms with van der Waals surface area (Å²) >= 11 is 0. The van der Waals surface area contributed by atoms with E-state index in [1.807, 2.05) is 0 Å². The third kappa shape index (κ3) is 1.73. The smallest absolute Gasteiger partial charge is 0.0183 e. The molecule has 1 atom stereocenters. The van der Waals surface area contributed by atoms with Crippen LogP contribution >= 0.6 is 0 Å². The van der Waals surface area contributed by atoms with Crippen LogP contribution in [0.25, 0.3) is 0 Å². The standard InChI is InChI=1S/C14H27N/c1-10(11-8-6-7-9-11)15-12-13(2,3)14(12,4)5/h10-12,15H,6-9H2,1-5H3. The van der Waals surface area contributed by atoms with Gasteiger partial charge >= 0.3 is 0 Å². The van der Waals surface area contributed by atoms with E-state index in [0.29, 0.717) is 10.8 Å². The van der Waals surface area contributed by atoms with Gasteiger partial charge < -0.3 is 5.32 Å². The highest BCUT2D eigenvalue weighted by Crippen LogP contribution is 2.62. The molecule has 0 aliphatic heterocycles. The lowest BCUT2D eigenvalue weighted by Gasteiger charge is -2.21. The average molecular weight is 209 g/mol. The molecule has 0 amide bonds. The minimum atomic E-state index is 0.486. The van der Waals surface area contributed by atoms with Gasteiger partial charge in [0.1, 0.15) is 0 Å². The van der Waals surface area contributed by atoms with Gasteiger partial charge in [-0.1, -0.05) is 40.5 Å². The molecule has 0 aromatic carbocycles. The van der Waals surface area contributed by atoms with E-state index in [4.69, 9.17) is 0 Å². The summed E-state index contributed by atoms with van der Waals surface area (Å²) in [4.78, 5) is 0. The highest BCUT2D eigenvalue weighted by atomic mass is 15.1. The second kappa shape index (κ2) is 3.48. The van der Waals surface area contributed by atoms with Crippen molar-refractivity contribution < 1.29 is 0 Å². The molecule has 15 heavy (non-hydrogen) atoms. The lowest BCUT2D eigenvalue weighted by Crippen LogP contribution is -2.36. The first kappa shape index (κ1) is 11.4. The summed E-state index contributed by atoms with van der Waals surface area (Å²) in [5.74, 6) is 0.942. The van der Waals surface area contributed by atoms with Gasteiger partial charge in [0.25, 0.3) is 0 Å². The van der Waals surface area contributed by atoms with Crippen LogP contribution in [0.1, 0.15) is 60.3 Å². The lowest BCUT2D eigenvalue weighted by molar-refractivity contribution is 0.358. The zero-order valence-corrected chi connectivity index (χ0v) is 11.1. The van der Waals surface area contributed by atoms with E-state index in [0.717, 1.165) is 18.0 Å². The van der Waals surface area contributed by atoms with E-state index in [9.17, 15) is 0 Å². The molecule has 0 radical (unpaired) electrons. The second-order valence-electron chi connectivity index (χ2n) is 6.88. The van der Waals surface area contributed by atoms with Crippen molar-refractivity contribution in [2.75, 3.05) is 0 Å². The summed E-state index contributed by atoms with van der Waals surface area (Å²) < 4.78 is 0. The molecule has 1 nitrogen and oxygen atoms in total. The maximum atomic E-state index is 3.88. The largest absolute Gasteiger partial charge is 0.310 e. The average Bonchev–Trinajstić information content (AvgIpc) is 2.65. The van der Waals surface area contributed by atoms with Crippen LogP contribution in [0.4, 0.5) is 0 Å². The summed E-state index contributed by atoms with van der Waals surface area (Å²) in [6.07, 6.45) is 5.80. The molecule has 0 heterocycles. The van der Waals surface area contributed by atoms with Crippen LogP contribution in [0.15, 0.2) is 0 Å². The Kier molecular flexibility index (Phi) is 2.65. The number of hydrogen-bond donors (Lipinski definition) is 1. The Labute approximate surface area is 95.0 Å². The van der Waals surface area contributed by atoms with Gasteiger partial charge in [-0.25, -0.2) is 0 Å². The van der Waals surface area contributed by atoms with Crippen LogP contribution in [0.3, 0.4) is 0 Å². The highest BCUT2D eigenvalue weighted by Gasteiger charge is 2.64. The molecule has 88 valence electrons. The molecule has 1 N–H and O–H groups in total. The molecule has 2 aliphatic carbocycles. The summed E-state index contributed by atoms with van der Waals surface area (Å²) in [5, 5.41) is 3.88. The fraction of sp³-hybridized carbons (Fsp3) is 1.00. The monoisotopic (exact) mass is 209 g/mol. The number of hydrogen-bond acceptors (Lipinski definition) is 1. The Morgan fingerprint density at radius 1 is 1.00 bits per heavy atom. The van der Waals surface area contributed by atoms with Gasteiger partial charge in [-0.15, -0.1) is 0 Å². The zero-order valence-electron chi connectivity index (χ0n) is 11.1. The fourth-order valence-electron chi connectivity index (χ4n) is 3.47. The molecule has 1 unspecified atom stereocenters. The molecule has 0 spiro atoms. The number of rotatable bonds is 3. The summed E-state index contributed by atoms with van der Waals surface area (Å²) in [6, 6.07) is 1.44. The summed E-state index contributed by atoms with van der Waals surface area (Å²) in [5.41, 5.74) is 0.972. The third-order valence-corrected chi connectivity index (χ3v) is 5.56. The Morgan fingerprint density at radius 2 is 1.47 bits per heavy atom. The van der Waals surface area contributed by atoms with Crippen molar-refractivity contribution in [1.29, 1.82) is 0 Å². The molecule has 2 aliphatic rings. The predicted octanol–water partition coefficient (Wildman–Crippen LogP) is 3.59. The number of nitrogens with one attached hydrogen (secondary N) is 1. The summed E-state index contributed by atoms with van der Waals surface area (Å²) in [6.45, 7) is 12.0. The Balaban J connectivity index is 1.88. The third-order valence-electron chi connectivity index (χ3n) is 5.56. The maximum Gasteiger partial charge on any atom is 0.0183 e. The molecular weight excluding hydrogens is 182 g/mol. The van der Waals surface area contributed by atoms with Gasteiger partial charge in [0.15, 0.2) is 0 Å². The van der Waals surface area contributed by atoms with E-state index < -0.39 is 0 Å². The topological polar surface area (TPSA) is 12.0 Å². The van der Waals surface area contributed by atoms with Crippen molar-refractivity contribution in [1.82, 2.24) is 5.32 Å². The van der Waals surface area contributed by atoms with Gasteiger partial charge in [-0.05, 0) is 36.5 Å². The van der Waals surface area contributed by atoms with Gasteiger partial charge in [0, 0.05) is 12.1 Å². The molecule has 0 bridgehead atoms. The molecule has 2 rings (SSSR count). The van der Waals surface area contributed by atoms with E-state index in [1.165, 1.54) is 25.7 Å². The van der Waals surface area contributed by atoms with E-state index >= 15 is 0 Å². The molecule has 2 saturated carbocycles. The molecule has 1 heteroatoms. The van der Waals surface area contributed by atoms with Gasteiger partial charge in [0.2, 0.25) is 0 Å². The fourth-order valence-corrected chi connectivity index (χ4v) is 3.47. The van der Waals surface area contributed by atoms with Crippen molar-refractivity contribution in [2.24, 2.45) is 16.7 Å². The van der Waals surface area contributed by atoms with Crippen LogP contribution in [0, 0.1) is 16.7 Å². The first-order chi connectivity index (χ1) is 6.87. The minimum Gasteiger partial charge on any atom is -0.310 e. The predicted molar refractivity (Wildman–Crippen MR) is 65.9 cm³/mol. The van der Waals surface area contributed by atoms with Gasteiger partial charge in [-0.3, -0.25) is 0 Å². The molecular formula is C14H27N. The molecule has 0 saturated heterocycles. The summed E-state index contributed by atoms with van der Waals surface area (Å²) in [7, 11) is 0. The molecule has 0 aromatic rings. The van der Waals surface area contributed by atoms with Crippen LogP contribution in [-0.4, -0.2) is 12.1 Å². The maximum absolute atomic E-state index is 3.88. The second-order valence-corrected chi connectivity index (χ2v) is 6.88. The van der Waals surface area contributed by atoms with Crippen molar-refractivity contribution in [2.45, 2.75) is 72.4 Å². The Hall–Kier alpha value is -0.0400. The van der Waals surface area contributed by atoms with Crippen LogP contribution in [0.2, 0.25) is 0 Å². The Bertz CT molecular complexity index is 222. The molecule has 2 fully saturated rings. The lowest BCUT2D eigenvalue weighted by atomic mass is 9.99.